The van der Waals surface area contributed by atoms with Gasteiger partial charge in [-0.1, -0.05) is 41.4 Å². The third-order valence-electron chi connectivity index (χ3n) is 4.42. The summed E-state index contributed by atoms with van der Waals surface area (Å²) in [5.74, 6) is 0.784. The molecule has 0 amide bonds. The van der Waals surface area contributed by atoms with Crippen LogP contribution in [0.2, 0.25) is 10.0 Å². The number of fused-ring (bicyclic) bond motifs is 1. The minimum atomic E-state index is -0.453. The summed E-state index contributed by atoms with van der Waals surface area (Å²) in [5, 5.41) is 1.92. The van der Waals surface area contributed by atoms with Crippen molar-refractivity contribution in [3.05, 3.63) is 52.8 Å². The first-order valence-electron chi connectivity index (χ1n) is 8.18. The first-order valence-corrected chi connectivity index (χ1v) is 8.94. The standard InChI is InChI=1S/C19H15Cl2N3O2/c20-15-5-4-12(8-16(15)21)14-2-1-3-17-18(14)19(23-11-22-17)24-6-7-26-13(9-24)10-25/h1-5,8,10-11,13H,6-7,9H2. The van der Waals surface area contributed by atoms with E-state index in [9.17, 15) is 4.79 Å². The van der Waals surface area contributed by atoms with E-state index in [1.54, 1.807) is 12.4 Å². The van der Waals surface area contributed by atoms with Crippen LogP contribution >= 0.6 is 23.2 Å². The monoisotopic (exact) mass is 387 g/mol. The average Bonchev–Trinajstić information content (AvgIpc) is 2.69. The van der Waals surface area contributed by atoms with E-state index in [2.05, 4.69) is 14.9 Å². The predicted octanol–water partition coefficient (Wildman–Crippen LogP) is 4.01. The van der Waals surface area contributed by atoms with Crippen molar-refractivity contribution < 1.29 is 9.53 Å². The Morgan fingerprint density at radius 1 is 1.15 bits per heavy atom. The van der Waals surface area contributed by atoms with Crippen LogP contribution in [0.4, 0.5) is 5.82 Å². The lowest BCUT2D eigenvalue weighted by molar-refractivity contribution is -0.118. The summed E-state index contributed by atoms with van der Waals surface area (Å²) in [6, 6.07) is 11.4. The molecule has 1 aliphatic rings. The van der Waals surface area contributed by atoms with Gasteiger partial charge in [0.1, 0.15) is 18.2 Å². The van der Waals surface area contributed by atoms with Crippen molar-refractivity contribution in [3.63, 3.8) is 0 Å². The van der Waals surface area contributed by atoms with Crippen molar-refractivity contribution in [1.82, 2.24) is 9.97 Å². The number of hydrogen-bond acceptors (Lipinski definition) is 5. The fourth-order valence-electron chi connectivity index (χ4n) is 3.19. The number of anilines is 1. The van der Waals surface area contributed by atoms with Crippen molar-refractivity contribution in [2.24, 2.45) is 0 Å². The number of aldehydes is 1. The highest BCUT2D eigenvalue weighted by Crippen LogP contribution is 2.36. The van der Waals surface area contributed by atoms with Gasteiger partial charge in [-0.15, -0.1) is 0 Å². The highest BCUT2D eigenvalue weighted by molar-refractivity contribution is 6.42. The van der Waals surface area contributed by atoms with Gasteiger partial charge in [0.15, 0.2) is 6.29 Å². The van der Waals surface area contributed by atoms with Crippen molar-refractivity contribution in [3.8, 4) is 11.1 Å². The second kappa shape index (κ2) is 7.19. The molecule has 0 radical (unpaired) electrons. The van der Waals surface area contributed by atoms with E-state index in [-0.39, 0.29) is 0 Å². The van der Waals surface area contributed by atoms with Crippen LogP contribution in [0.25, 0.3) is 22.0 Å². The predicted molar refractivity (Wildman–Crippen MR) is 103 cm³/mol. The SMILES string of the molecule is O=CC1CN(c2ncnc3cccc(-c4ccc(Cl)c(Cl)c4)c23)CCO1. The Kier molecular flexibility index (Phi) is 4.76. The van der Waals surface area contributed by atoms with E-state index in [0.29, 0.717) is 29.7 Å². The average molecular weight is 388 g/mol. The molecule has 7 heteroatoms. The van der Waals surface area contributed by atoms with Gasteiger partial charge in [0, 0.05) is 6.54 Å². The molecule has 26 heavy (non-hydrogen) atoms. The number of rotatable bonds is 3. The number of hydrogen-bond donors (Lipinski definition) is 0. The molecule has 1 aromatic heterocycles. The number of morpholine rings is 1. The molecule has 0 aliphatic carbocycles. The zero-order chi connectivity index (χ0) is 18.1. The zero-order valence-electron chi connectivity index (χ0n) is 13.7. The molecule has 2 heterocycles. The normalized spacial score (nSPS) is 17.5. The van der Waals surface area contributed by atoms with Gasteiger partial charge in [-0.05, 0) is 29.3 Å². The number of carbonyl (C=O) groups is 1. The minimum Gasteiger partial charge on any atom is -0.367 e. The lowest BCUT2D eigenvalue weighted by Gasteiger charge is -2.32. The number of halogens is 2. The van der Waals surface area contributed by atoms with Crippen LogP contribution in [0.3, 0.4) is 0 Å². The molecular weight excluding hydrogens is 373 g/mol. The lowest BCUT2D eigenvalue weighted by atomic mass is 10.0. The lowest BCUT2D eigenvalue weighted by Crippen LogP contribution is -2.43. The van der Waals surface area contributed by atoms with Crippen molar-refractivity contribution >= 4 is 46.2 Å². The summed E-state index contributed by atoms with van der Waals surface area (Å²) in [6.45, 7) is 1.60. The molecule has 2 aromatic carbocycles. The van der Waals surface area contributed by atoms with E-state index in [1.807, 2.05) is 30.3 Å². The van der Waals surface area contributed by atoms with Gasteiger partial charge in [0.2, 0.25) is 0 Å². The van der Waals surface area contributed by atoms with Crippen LogP contribution in [-0.2, 0) is 9.53 Å². The van der Waals surface area contributed by atoms with Crippen molar-refractivity contribution in [2.45, 2.75) is 6.10 Å². The summed E-state index contributed by atoms with van der Waals surface area (Å²) in [5.41, 5.74) is 2.72. The molecule has 1 unspecified atom stereocenters. The molecular formula is C19H15Cl2N3O2. The van der Waals surface area contributed by atoms with Gasteiger partial charge in [-0.25, -0.2) is 9.97 Å². The first kappa shape index (κ1) is 17.2. The minimum absolute atomic E-state index is 0.453. The maximum Gasteiger partial charge on any atom is 0.150 e. The topological polar surface area (TPSA) is 55.3 Å². The number of carbonyl (C=O) groups excluding carboxylic acids is 1. The fraction of sp³-hybridized carbons (Fsp3) is 0.211. The van der Waals surface area contributed by atoms with Gasteiger partial charge < -0.3 is 14.4 Å². The Bertz CT molecular complexity index is 975. The molecule has 0 saturated carbocycles. The quantitative estimate of drug-likeness (QED) is 0.635. The van der Waals surface area contributed by atoms with Crippen molar-refractivity contribution in [2.75, 3.05) is 24.6 Å². The molecule has 1 saturated heterocycles. The Balaban J connectivity index is 1.89. The summed E-state index contributed by atoms with van der Waals surface area (Å²) in [6.07, 6.45) is 1.92. The van der Waals surface area contributed by atoms with Gasteiger partial charge in [0.05, 0.1) is 34.1 Å². The van der Waals surface area contributed by atoms with Gasteiger partial charge in [0.25, 0.3) is 0 Å². The largest absolute Gasteiger partial charge is 0.367 e. The van der Waals surface area contributed by atoms with Crippen LogP contribution in [-0.4, -0.2) is 42.1 Å². The molecule has 1 fully saturated rings. The first-order chi connectivity index (χ1) is 12.7. The van der Waals surface area contributed by atoms with Crippen LogP contribution in [0.1, 0.15) is 0 Å². The second-order valence-corrected chi connectivity index (χ2v) is 6.83. The zero-order valence-corrected chi connectivity index (χ0v) is 15.2. The van der Waals surface area contributed by atoms with E-state index < -0.39 is 6.10 Å². The summed E-state index contributed by atoms with van der Waals surface area (Å²) < 4.78 is 5.45. The summed E-state index contributed by atoms with van der Waals surface area (Å²) in [7, 11) is 0. The van der Waals surface area contributed by atoms with Crippen molar-refractivity contribution in [1.29, 1.82) is 0 Å². The van der Waals surface area contributed by atoms with Gasteiger partial charge >= 0.3 is 0 Å². The molecule has 0 bridgehead atoms. The maximum absolute atomic E-state index is 11.1. The molecule has 5 nitrogen and oxygen atoms in total. The summed E-state index contributed by atoms with van der Waals surface area (Å²) in [4.78, 5) is 22.1. The van der Waals surface area contributed by atoms with E-state index >= 15 is 0 Å². The molecule has 3 aromatic rings. The molecule has 1 atom stereocenters. The van der Waals surface area contributed by atoms with Gasteiger partial charge in [-0.2, -0.15) is 0 Å². The van der Waals surface area contributed by atoms with E-state index in [0.717, 1.165) is 34.1 Å². The third-order valence-corrected chi connectivity index (χ3v) is 5.16. The maximum atomic E-state index is 11.1. The smallest absolute Gasteiger partial charge is 0.150 e. The Morgan fingerprint density at radius 2 is 2.04 bits per heavy atom. The van der Waals surface area contributed by atoms with Crippen LogP contribution in [0.15, 0.2) is 42.7 Å². The Labute approximate surface area is 160 Å². The van der Waals surface area contributed by atoms with E-state index in [4.69, 9.17) is 27.9 Å². The Morgan fingerprint density at radius 3 is 2.85 bits per heavy atom. The highest BCUT2D eigenvalue weighted by atomic mass is 35.5. The molecule has 1 aliphatic heterocycles. The molecule has 132 valence electrons. The molecule has 4 rings (SSSR count). The van der Waals surface area contributed by atoms with Gasteiger partial charge in [-0.3, -0.25) is 0 Å². The third kappa shape index (κ3) is 3.14. The number of aromatic nitrogens is 2. The molecule has 0 spiro atoms. The summed E-state index contributed by atoms with van der Waals surface area (Å²) >= 11 is 12.3. The number of ether oxygens (including phenoxy) is 1. The molecule has 0 N–H and O–H groups in total. The van der Waals surface area contributed by atoms with E-state index in [1.165, 1.54) is 0 Å². The highest BCUT2D eigenvalue weighted by Gasteiger charge is 2.23. The number of nitrogens with zero attached hydrogens (tertiary/aromatic N) is 3. The Hall–Kier alpha value is -2.21. The van der Waals surface area contributed by atoms with Crippen LogP contribution in [0.5, 0.6) is 0 Å². The van der Waals surface area contributed by atoms with Crippen LogP contribution < -0.4 is 4.90 Å². The fourth-order valence-corrected chi connectivity index (χ4v) is 3.49. The second-order valence-electron chi connectivity index (χ2n) is 6.02. The number of benzene rings is 2. The van der Waals surface area contributed by atoms with Crippen LogP contribution in [0, 0.1) is 0 Å².